The maximum atomic E-state index is 3.37. The summed E-state index contributed by atoms with van der Waals surface area (Å²) in [4.78, 5) is 1.45. The van der Waals surface area contributed by atoms with E-state index in [0.717, 1.165) is 5.25 Å². The summed E-state index contributed by atoms with van der Waals surface area (Å²) in [6, 6.07) is 4.86. The molecule has 80 valence electrons. The third kappa shape index (κ3) is 3.64. The third-order valence-electron chi connectivity index (χ3n) is 2.36. The first-order chi connectivity index (χ1) is 6.77. The van der Waals surface area contributed by atoms with Crippen LogP contribution in [-0.2, 0) is 0 Å². The predicted molar refractivity (Wildman–Crippen MR) is 68.3 cm³/mol. The van der Waals surface area contributed by atoms with Crippen molar-refractivity contribution in [2.24, 2.45) is 0 Å². The lowest BCUT2D eigenvalue weighted by Crippen LogP contribution is -2.18. The molecule has 0 fully saturated rings. The van der Waals surface area contributed by atoms with E-state index in [4.69, 9.17) is 0 Å². The van der Waals surface area contributed by atoms with Gasteiger partial charge in [0, 0.05) is 15.9 Å². The van der Waals surface area contributed by atoms with E-state index in [1.807, 2.05) is 18.4 Å². The number of thioether (sulfide) groups is 1. The molecule has 0 bridgehead atoms. The minimum atomic E-state index is 0.522. The number of hydrogen-bond donors (Lipinski definition) is 1. The highest BCUT2D eigenvalue weighted by Gasteiger charge is 2.11. The molecule has 1 nitrogen and oxygen atoms in total. The average Bonchev–Trinajstić information content (AvgIpc) is 2.72. The molecule has 2 unspecified atom stereocenters. The molecular weight excluding hydrogens is 210 g/mol. The molecule has 0 radical (unpaired) electrons. The quantitative estimate of drug-likeness (QED) is 0.801. The number of thiophene rings is 1. The van der Waals surface area contributed by atoms with Gasteiger partial charge in [0.1, 0.15) is 0 Å². The molecule has 0 saturated carbocycles. The highest BCUT2D eigenvalue weighted by molar-refractivity contribution is 7.99. The summed E-state index contributed by atoms with van der Waals surface area (Å²) < 4.78 is 0. The van der Waals surface area contributed by atoms with Crippen LogP contribution in [0.5, 0.6) is 0 Å². The average molecular weight is 229 g/mol. The van der Waals surface area contributed by atoms with Crippen LogP contribution < -0.4 is 5.32 Å². The first-order valence-corrected chi connectivity index (χ1v) is 7.03. The molecular formula is C11H19NS2. The van der Waals surface area contributed by atoms with E-state index in [-0.39, 0.29) is 0 Å². The Balaban J connectivity index is 2.40. The Morgan fingerprint density at radius 3 is 2.86 bits per heavy atom. The normalized spacial score (nSPS) is 15.4. The molecule has 0 aliphatic rings. The van der Waals surface area contributed by atoms with Crippen molar-refractivity contribution < 1.29 is 0 Å². The lowest BCUT2D eigenvalue weighted by atomic mass is 10.3. The zero-order valence-corrected chi connectivity index (χ0v) is 10.8. The van der Waals surface area contributed by atoms with E-state index in [2.05, 4.69) is 48.4 Å². The zero-order chi connectivity index (χ0) is 10.4. The molecule has 14 heavy (non-hydrogen) atoms. The second kappa shape index (κ2) is 6.49. The van der Waals surface area contributed by atoms with Gasteiger partial charge in [-0.15, -0.1) is 11.3 Å². The summed E-state index contributed by atoms with van der Waals surface area (Å²) in [6.45, 7) is 4.54. The van der Waals surface area contributed by atoms with E-state index >= 15 is 0 Å². The maximum Gasteiger partial charge on any atom is 0.0504 e. The van der Waals surface area contributed by atoms with E-state index in [0.29, 0.717) is 6.04 Å². The number of hydrogen-bond acceptors (Lipinski definition) is 3. The van der Waals surface area contributed by atoms with Gasteiger partial charge in [0.25, 0.3) is 0 Å². The number of rotatable bonds is 6. The van der Waals surface area contributed by atoms with Gasteiger partial charge in [0.05, 0.1) is 6.04 Å². The van der Waals surface area contributed by atoms with Crippen molar-refractivity contribution in [1.82, 2.24) is 5.32 Å². The Bertz CT molecular complexity index is 233. The lowest BCUT2D eigenvalue weighted by molar-refractivity contribution is 0.671. The fourth-order valence-electron chi connectivity index (χ4n) is 1.18. The third-order valence-corrected chi connectivity index (χ3v) is 4.77. The molecule has 0 aliphatic heterocycles. The van der Waals surface area contributed by atoms with Gasteiger partial charge in [0.2, 0.25) is 0 Å². The minimum absolute atomic E-state index is 0.522. The predicted octanol–water partition coefficient (Wildman–Crippen LogP) is 3.54. The van der Waals surface area contributed by atoms with Crippen LogP contribution in [0.15, 0.2) is 17.5 Å². The highest BCUT2D eigenvalue weighted by Crippen LogP contribution is 2.25. The van der Waals surface area contributed by atoms with Gasteiger partial charge in [-0.25, -0.2) is 0 Å². The monoisotopic (exact) mass is 229 g/mol. The van der Waals surface area contributed by atoms with E-state index in [9.17, 15) is 0 Å². The van der Waals surface area contributed by atoms with Crippen molar-refractivity contribution in [1.29, 1.82) is 0 Å². The maximum absolute atomic E-state index is 3.37. The highest BCUT2D eigenvalue weighted by atomic mass is 32.2. The molecule has 1 rings (SSSR count). The summed E-state index contributed by atoms with van der Waals surface area (Å²) in [5, 5.41) is 6.29. The van der Waals surface area contributed by atoms with Crippen molar-refractivity contribution in [2.75, 3.05) is 12.8 Å². The minimum Gasteiger partial charge on any atom is -0.312 e. The molecule has 1 aromatic rings. The van der Waals surface area contributed by atoms with Crippen LogP contribution in [0.4, 0.5) is 0 Å². The van der Waals surface area contributed by atoms with Crippen LogP contribution >= 0.6 is 23.1 Å². The summed E-state index contributed by atoms with van der Waals surface area (Å²) in [7, 11) is 2.04. The molecule has 1 heterocycles. The Labute approximate surface area is 95.3 Å². The van der Waals surface area contributed by atoms with Crippen molar-refractivity contribution in [3.8, 4) is 0 Å². The van der Waals surface area contributed by atoms with Crippen LogP contribution in [0.25, 0.3) is 0 Å². The molecule has 0 amide bonds. The zero-order valence-electron chi connectivity index (χ0n) is 9.12. The van der Waals surface area contributed by atoms with Crippen molar-refractivity contribution in [3.05, 3.63) is 22.4 Å². The lowest BCUT2D eigenvalue weighted by Gasteiger charge is -2.16. The molecule has 1 N–H and O–H groups in total. The Kier molecular flexibility index (Phi) is 5.60. The van der Waals surface area contributed by atoms with E-state index in [1.54, 1.807) is 0 Å². The largest absolute Gasteiger partial charge is 0.312 e. The molecule has 1 aromatic heterocycles. The van der Waals surface area contributed by atoms with Crippen LogP contribution in [0, 0.1) is 0 Å². The van der Waals surface area contributed by atoms with Gasteiger partial charge in [-0.2, -0.15) is 11.8 Å². The molecule has 0 spiro atoms. The smallest absolute Gasteiger partial charge is 0.0504 e. The SMILES string of the molecule is CCC(C)SCC(NC)c1cccs1. The van der Waals surface area contributed by atoms with Gasteiger partial charge in [0.15, 0.2) is 0 Å². The summed E-state index contributed by atoms with van der Waals surface area (Å²) in [5.41, 5.74) is 0. The van der Waals surface area contributed by atoms with Crippen molar-refractivity contribution in [3.63, 3.8) is 0 Å². The van der Waals surface area contributed by atoms with Crippen molar-refractivity contribution in [2.45, 2.75) is 31.6 Å². The standard InChI is InChI=1S/C11H19NS2/c1-4-9(2)14-8-10(12-3)11-6-5-7-13-11/h5-7,9-10,12H,4,8H2,1-3H3. The second-order valence-electron chi connectivity index (χ2n) is 3.41. The van der Waals surface area contributed by atoms with Gasteiger partial charge in [-0.1, -0.05) is 19.9 Å². The van der Waals surface area contributed by atoms with Gasteiger partial charge >= 0.3 is 0 Å². The first-order valence-electron chi connectivity index (χ1n) is 5.10. The Morgan fingerprint density at radius 1 is 1.57 bits per heavy atom. The van der Waals surface area contributed by atoms with E-state index in [1.165, 1.54) is 17.1 Å². The van der Waals surface area contributed by atoms with Crippen molar-refractivity contribution >= 4 is 23.1 Å². The first kappa shape index (κ1) is 12.1. The Morgan fingerprint density at radius 2 is 2.36 bits per heavy atom. The van der Waals surface area contributed by atoms with Crippen LogP contribution in [0.1, 0.15) is 31.2 Å². The van der Waals surface area contributed by atoms with E-state index < -0.39 is 0 Å². The molecule has 0 aliphatic carbocycles. The second-order valence-corrected chi connectivity index (χ2v) is 5.86. The fraction of sp³-hybridized carbons (Fsp3) is 0.636. The molecule has 2 atom stereocenters. The molecule has 3 heteroatoms. The van der Waals surface area contributed by atoms with Crippen LogP contribution in [0.2, 0.25) is 0 Å². The summed E-state index contributed by atoms with van der Waals surface area (Å²) >= 11 is 3.89. The molecule has 0 saturated heterocycles. The fourth-order valence-corrected chi connectivity index (χ4v) is 3.22. The summed E-state index contributed by atoms with van der Waals surface area (Å²) in [6.07, 6.45) is 1.26. The molecule has 0 aromatic carbocycles. The summed E-state index contributed by atoms with van der Waals surface area (Å²) in [5.74, 6) is 1.17. The van der Waals surface area contributed by atoms with Gasteiger partial charge < -0.3 is 5.32 Å². The number of nitrogens with one attached hydrogen (secondary N) is 1. The van der Waals surface area contributed by atoms with Gasteiger partial charge in [-0.3, -0.25) is 0 Å². The topological polar surface area (TPSA) is 12.0 Å². The Hall–Kier alpha value is 0.01000. The van der Waals surface area contributed by atoms with Gasteiger partial charge in [-0.05, 0) is 24.9 Å². The van der Waals surface area contributed by atoms with Crippen LogP contribution in [-0.4, -0.2) is 18.1 Å². The van der Waals surface area contributed by atoms with Crippen LogP contribution in [0.3, 0.4) is 0 Å².